The van der Waals surface area contributed by atoms with Gasteiger partial charge in [-0.05, 0) is 27.8 Å². The molecule has 0 fully saturated rings. The van der Waals surface area contributed by atoms with Crippen molar-refractivity contribution in [3.8, 4) is 0 Å². The van der Waals surface area contributed by atoms with Crippen molar-refractivity contribution in [2.75, 3.05) is 5.32 Å². The van der Waals surface area contributed by atoms with Gasteiger partial charge in [0.05, 0.1) is 12.0 Å². The molecule has 0 radical (unpaired) electrons. The van der Waals surface area contributed by atoms with Gasteiger partial charge in [0.25, 0.3) is 5.91 Å². The number of carbonyl (C=O) groups is 2. The zero-order chi connectivity index (χ0) is 15.5. The van der Waals surface area contributed by atoms with Crippen LogP contribution in [0.25, 0.3) is 10.8 Å². The highest BCUT2D eigenvalue weighted by Crippen LogP contribution is 2.24. The van der Waals surface area contributed by atoms with Gasteiger partial charge in [-0.3, -0.25) is 9.59 Å². The lowest BCUT2D eigenvalue weighted by Gasteiger charge is -2.07. The van der Waals surface area contributed by atoms with E-state index >= 15 is 0 Å². The Hall–Kier alpha value is -2.66. The summed E-state index contributed by atoms with van der Waals surface area (Å²) in [6.07, 6.45) is 0.247. The second-order valence-corrected chi connectivity index (χ2v) is 5.81. The number of thiophene rings is 1. The van der Waals surface area contributed by atoms with E-state index in [1.54, 1.807) is 11.4 Å². The first-order valence-electron chi connectivity index (χ1n) is 6.79. The van der Waals surface area contributed by atoms with Crippen molar-refractivity contribution >= 4 is 38.9 Å². The van der Waals surface area contributed by atoms with Crippen LogP contribution in [0, 0.1) is 0 Å². The molecule has 3 rings (SSSR count). The Morgan fingerprint density at radius 3 is 2.64 bits per heavy atom. The van der Waals surface area contributed by atoms with E-state index in [2.05, 4.69) is 5.32 Å². The van der Waals surface area contributed by atoms with Crippen LogP contribution in [0.15, 0.2) is 53.9 Å². The molecule has 0 bridgehead atoms. The van der Waals surface area contributed by atoms with E-state index < -0.39 is 5.91 Å². The Kier molecular flexibility index (Phi) is 3.89. The number of primary amides is 1. The number of fused-ring (bicyclic) bond motifs is 1. The number of benzene rings is 2. The molecular formula is C17H14N2O2S. The molecule has 1 aromatic heterocycles. The maximum Gasteiger partial charge on any atom is 0.251 e. The van der Waals surface area contributed by atoms with Gasteiger partial charge in [0.1, 0.15) is 5.00 Å². The van der Waals surface area contributed by atoms with Gasteiger partial charge in [-0.15, -0.1) is 11.3 Å². The topological polar surface area (TPSA) is 72.2 Å². The fourth-order valence-electron chi connectivity index (χ4n) is 2.39. The van der Waals surface area contributed by atoms with Crippen molar-refractivity contribution in [3.63, 3.8) is 0 Å². The lowest BCUT2D eigenvalue weighted by Crippen LogP contribution is -2.18. The van der Waals surface area contributed by atoms with Gasteiger partial charge in [0.2, 0.25) is 5.91 Å². The summed E-state index contributed by atoms with van der Waals surface area (Å²) in [4.78, 5) is 23.5. The Morgan fingerprint density at radius 1 is 1.05 bits per heavy atom. The molecule has 110 valence electrons. The molecule has 22 heavy (non-hydrogen) atoms. The average molecular weight is 310 g/mol. The number of hydrogen-bond acceptors (Lipinski definition) is 3. The van der Waals surface area contributed by atoms with E-state index in [-0.39, 0.29) is 12.3 Å². The van der Waals surface area contributed by atoms with E-state index in [1.807, 2.05) is 42.5 Å². The number of carbonyl (C=O) groups excluding carboxylic acids is 2. The molecular weight excluding hydrogens is 296 g/mol. The molecule has 0 spiro atoms. The molecule has 1 heterocycles. The van der Waals surface area contributed by atoms with Gasteiger partial charge >= 0.3 is 0 Å². The van der Waals surface area contributed by atoms with Crippen LogP contribution in [0.5, 0.6) is 0 Å². The summed E-state index contributed by atoms with van der Waals surface area (Å²) in [5.74, 6) is -0.706. The molecule has 2 aromatic carbocycles. The minimum atomic E-state index is -0.540. The summed E-state index contributed by atoms with van der Waals surface area (Å²) < 4.78 is 0. The molecule has 0 aliphatic rings. The predicted molar refractivity (Wildman–Crippen MR) is 89.1 cm³/mol. The molecule has 3 N–H and O–H groups in total. The van der Waals surface area contributed by atoms with Crippen LogP contribution < -0.4 is 11.1 Å². The largest absolute Gasteiger partial charge is 0.366 e. The van der Waals surface area contributed by atoms with Gasteiger partial charge in [-0.2, -0.15) is 0 Å². The maximum atomic E-state index is 12.2. The molecule has 5 heteroatoms. The summed E-state index contributed by atoms with van der Waals surface area (Å²) in [6.45, 7) is 0. The van der Waals surface area contributed by atoms with E-state index in [9.17, 15) is 9.59 Å². The van der Waals surface area contributed by atoms with Crippen LogP contribution in [-0.2, 0) is 11.2 Å². The van der Waals surface area contributed by atoms with Gasteiger partial charge < -0.3 is 11.1 Å². The summed E-state index contributed by atoms with van der Waals surface area (Å²) in [5.41, 5.74) is 6.57. The monoisotopic (exact) mass is 310 g/mol. The second kappa shape index (κ2) is 5.99. The van der Waals surface area contributed by atoms with Gasteiger partial charge in [0, 0.05) is 0 Å². The Balaban J connectivity index is 1.82. The molecule has 2 amide bonds. The lowest BCUT2D eigenvalue weighted by molar-refractivity contribution is -0.115. The van der Waals surface area contributed by atoms with E-state index in [0.29, 0.717) is 10.6 Å². The second-order valence-electron chi connectivity index (χ2n) is 4.89. The lowest BCUT2D eigenvalue weighted by atomic mass is 10.0. The van der Waals surface area contributed by atoms with Crippen molar-refractivity contribution < 1.29 is 9.59 Å². The number of hydrogen-bond donors (Lipinski definition) is 2. The first-order valence-corrected chi connectivity index (χ1v) is 7.67. The molecule has 0 atom stereocenters. The quantitative estimate of drug-likeness (QED) is 0.777. The van der Waals surface area contributed by atoms with E-state index in [1.165, 1.54) is 11.3 Å². The predicted octanol–water partition coefficient (Wildman–Crippen LogP) is 3.18. The Morgan fingerprint density at radius 2 is 1.82 bits per heavy atom. The van der Waals surface area contributed by atoms with E-state index in [4.69, 9.17) is 5.73 Å². The highest BCUT2D eigenvalue weighted by Gasteiger charge is 2.13. The summed E-state index contributed by atoms with van der Waals surface area (Å²) >= 11 is 1.29. The molecule has 0 aliphatic carbocycles. The van der Waals surface area contributed by atoms with E-state index in [0.717, 1.165) is 16.3 Å². The fourth-order valence-corrected chi connectivity index (χ4v) is 3.20. The number of anilines is 1. The van der Waals surface area contributed by atoms with Crippen molar-refractivity contribution in [2.45, 2.75) is 6.42 Å². The van der Waals surface area contributed by atoms with Gasteiger partial charge in [-0.25, -0.2) is 0 Å². The third-order valence-corrected chi connectivity index (χ3v) is 4.24. The normalized spacial score (nSPS) is 10.5. The first-order chi connectivity index (χ1) is 10.6. The number of nitrogens with one attached hydrogen (secondary N) is 1. The summed E-state index contributed by atoms with van der Waals surface area (Å²) in [7, 11) is 0. The summed E-state index contributed by atoms with van der Waals surface area (Å²) in [5, 5.41) is 7.15. The van der Waals surface area contributed by atoms with Crippen molar-refractivity contribution in [2.24, 2.45) is 5.73 Å². The van der Waals surface area contributed by atoms with Crippen LogP contribution in [0.3, 0.4) is 0 Å². The molecule has 0 aliphatic heterocycles. The first kappa shape index (κ1) is 14.3. The van der Waals surface area contributed by atoms with Gasteiger partial charge in [-0.1, -0.05) is 42.5 Å². The highest BCUT2D eigenvalue weighted by atomic mass is 32.1. The number of nitrogens with two attached hydrogens (primary N) is 1. The Labute approximate surface area is 131 Å². The third-order valence-electron chi connectivity index (χ3n) is 3.41. The molecule has 0 saturated carbocycles. The van der Waals surface area contributed by atoms with Crippen LogP contribution in [-0.4, -0.2) is 11.8 Å². The SMILES string of the molecule is NC(=O)c1ccsc1NC(=O)Cc1cccc2ccccc12. The zero-order valence-electron chi connectivity index (χ0n) is 11.7. The van der Waals surface area contributed by atoms with Crippen LogP contribution >= 0.6 is 11.3 Å². The highest BCUT2D eigenvalue weighted by molar-refractivity contribution is 7.14. The molecule has 4 nitrogen and oxygen atoms in total. The van der Waals surface area contributed by atoms with Crippen LogP contribution in [0.2, 0.25) is 0 Å². The minimum Gasteiger partial charge on any atom is -0.366 e. The van der Waals surface area contributed by atoms with Crippen molar-refractivity contribution in [1.29, 1.82) is 0 Å². The number of amides is 2. The van der Waals surface area contributed by atoms with Crippen molar-refractivity contribution in [1.82, 2.24) is 0 Å². The molecule has 0 saturated heterocycles. The third kappa shape index (κ3) is 2.84. The minimum absolute atomic E-state index is 0.165. The maximum absolute atomic E-state index is 12.2. The standard InChI is InChI=1S/C17H14N2O2S/c18-16(21)14-8-9-22-17(14)19-15(20)10-12-6-3-5-11-4-1-2-7-13(11)12/h1-9H,10H2,(H2,18,21)(H,19,20). The zero-order valence-corrected chi connectivity index (χ0v) is 12.5. The fraction of sp³-hybridized carbons (Fsp3) is 0.0588. The summed E-state index contributed by atoms with van der Waals surface area (Å²) in [6, 6.07) is 15.4. The van der Waals surface area contributed by atoms with Crippen molar-refractivity contribution in [3.05, 3.63) is 65.0 Å². The van der Waals surface area contributed by atoms with Gasteiger partial charge in [0.15, 0.2) is 0 Å². The van der Waals surface area contributed by atoms with Crippen LogP contribution in [0.4, 0.5) is 5.00 Å². The number of rotatable bonds is 4. The smallest absolute Gasteiger partial charge is 0.251 e. The Bertz CT molecular complexity index is 849. The molecule has 3 aromatic rings. The van der Waals surface area contributed by atoms with Crippen LogP contribution in [0.1, 0.15) is 15.9 Å². The average Bonchev–Trinajstić information content (AvgIpc) is 2.96. The molecule has 0 unspecified atom stereocenters.